The van der Waals surface area contributed by atoms with E-state index in [1.165, 1.54) is 0 Å². The number of carboxylic acids is 1. The normalized spacial score (nSPS) is 27.4. The highest BCUT2D eigenvalue weighted by Gasteiger charge is 2.31. The van der Waals surface area contributed by atoms with E-state index in [0.29, 0.717) is 0 Å². The summed E-state index contributed by atoms with van der Waals surface area (Å²) < 4.78 is 2.04. The third-order valence-electron chi connectivity index (χ3n) is 3.06. The largest absolute Gasteiger partial charge is 0.481 e. The van der Waals surface area contributed by atoms with E-state index in [9.17, 15) is 4.79 Å². The molecule has 2 rings (SSSR count). The summed E-state index contributed by atoms with van der Waals surface area (Å²) in [6.07, 6.45) is 7.93. The van der Waals surface area contributed by atoms with E-state index < -0.39 is 5.97 Å². The van der Waals surface area contributed by atoms with Gasteiger partial charge in [-0.2, -0.15) is 0 Å². The highest BCUT2D eigenvalue weighted by molar-refractivity contribution is 5.70. The summed E-state index contributed by atoms with van der Waals surface area (Å²) in [7, 11) is 0. The first-order valence-corrected chi connectivity index (χ1v) is 5.14. The van der Waals surface area contributed by atoms with Crippen molar-refractivity contribution in [3.8, 4) is 0 Å². The maximum absolute atomic E-state index is 11.0. The van der Waals surface area contributed by atoms with Crippen molar-refractivity contribution in [2.75, 3.05) is 0 Å². The quantitative estimate of drug-likeness (QED) is 0.783. The molecule has 0 unspecified atom stereocenters. The Kier molecular flexibility index (Phi) is 2.57. The summed E-state index contributed by atoms with van der Waals surface area (Å²) in [4.78, 5) is 11.0. The lowest BCUT2D eigenvalue weighted by atomic mass is 9.84. The van der Waals surface area contributed by atoms with Crippen LogP contribution in [0.4, 0.5) is 0 Å². The van der Waals surface area contributed by atoms with Crippen LogP contribution >= 0.6 is 0 Å². The van der Waals surface area contributed by atoms with Gasteiger partial charge in [0.05, 0.1) is 5.92 Å². The van der Waals surface area contributed by atoms with Crippen molar-refractivity contribution >= 4 is 5.97 Å². The Labute approximate surface area is 83.4 Å². The fraction of sp³-hybridized carbons (Fsp3) is 0.545. The lowest BCUT2D eigenvalue weighted by Crippen LogP contribution is -2.28. The van der Waals surface area contributed by atoms with Crippen LogP contribution < -0.4 is 0 Å². The summed E-state index contributed by atoms with van der Waals surface area (Å²) in [5, 5.41) is 9.09. The van der Waals surface area contributed by atoms with Crippen molar-refractivity contribution in [3.05, 3.63) is 24.5 Å². The van der Waals surface area contributed by atoms with Crippen LogP contribution in [-0.2, 0) is 4.79 Å². The first-order valence-electron chi connectivity index (χ1n) is 5.14. The lowest BCUT2D eigenvalue weighted by molar-refractivity contribution is -0.144. The average Bonchev–Trinajstić information content (AvgIpc) is 2.70. The molecule has 0 spiro atoms. The number of aromatic nitrogens is 1. The van der Waals surface area contributed by atoms with Crippen molar-refractivity contribution in [2.24, 2.45) is 5.92 Å². The van der Waals surface area contributed by atoms with Gasteiger partial charge in [0.2, 0.25) is 0 Å². The van der Waals surface area contributed by atoms with Crippen LogP contribution in [0.15, 0.2) is 24.5 Å². The number of rotatable bonds is 2. The number of hydrogen-bond donors (Lipinski definition) is 1. The van der Waals surface area contributed by atoms with Gasteiger partial charge in [-0.3, -0.25) is 4.79 Å². The van der Waals surface area contributed by atoms with Gasteiger partial charge in [-0.1, -0.05) is 12.8 Å². The molecule has 1 aromatic rings. The van der Waals surface area contributed by atoms with Gasteiger partial charge < -0.3 is 9.67 Å². The fourth-order valence-electron chi connectivity index (χ4n) is 2.33. The highest BCUT2D eigenvalue weighted by atomic mass is 16.4. The smallest absolute Gasteiger partial charge is 0.308 e. The minimum atomic E-state index is -0.650. The Hall–Kier alpha value is -1.25. The molecular weight excluding hydrogens is 178 g/mol. The van der Waals surface area contributed by atoms with Crippen molar-refractivity contribution in [2.45, 2.75) is 31.7 Å². The third-order valence-corrected chi connectivity index (χ3v) is 3.06. The third kappa shape index (κ3) is 1.67. The first kappa shape index (κ1) is 9.31. The van der Waals surface area contributed by atoms with E-state index in [1.807, 2.05) is 29.1 Å². The molecule has 76 valence electrons. The predicted molar refractivity (Wildman–Crippen MR) is 53.1 cm³/mol. The molecule has 0 bridgehead atoms. The van der Waals surface area contributed by atoms with Gasteiger partial charge in [0, 0.05) is 18.4 Å². The molecule has 1 aromatic heterocycles. The molecule has 0 aliphatic heterocycles. The minimum Gasteiger partial charge on any atom is -0.481 e. The van der Waals surface area contributed by atoms with Crippen LogP contribution in [0.2, 0.25) is 0 Å². The average molecular weight is 193 g/mol. The molecule has 1 aliphatic rings. The summed E-state index contributed by atoms with van der Waals surface area (Å²) in [5.41, 5.74) is 0. The zero-order valence-electron chi connectivity index (χ0n) is 8.10. The fourth-order valence-corrected chi connectivity index (χ4v) is 2.33. The molecule has 1 N–H and O–H groups in total. The zero-order valence-corrected chi connectivity index (χ0v) is 8.10. The van der Waals surface area contributed by atoms with E-state index in [-0.39, 0.29) is 12.0 Å². The van der Waals surface area contributed by atoms with Gasteiger partial charge in [0.15, 0.2) is 0 Å². The number of carbonyl (C=O) groups is 1. The monoisotopic (exact) mass is 193 g/mol. The van der Waals surface area contributed by atoms with E-state index in [1.54, 1.807) is 0 Å². The Morgan fingerprint density at radius 3 is 2.50 bits per heavy atom. The van der Waals surface area contributed by atoms with Crippen molar-refractivity contribution in [1.29, 1.82) is 0 Å². The van der Waals surface area contributed by atoms with Gasteiger partial charge in [-0.15, -0.1) is 0 Å². The number of aliphatic carboxylic acids is 1. The molecule has 0 aromatic carbocycles. The highest BCUT2D eigenvalue weighted by Crippen LogP contribution is 2.33. The Bertz CT molecular complexity index is 305. The zero-order chi connectivity index (χ0) is 9.97. The number of nitrogens with zero attached hydrogens (tertiary/aromatic N) is 1. The molecule has 3 nitrogen and oxygen atoms in total. The van der Waals surface area contributed by atoms with Crippen molar-refractivity contribution in [3.63, 3.8) is 0 Å². The second-order valence-electron chi connectivity index (χ2n) is 3.93. The summed E-state index contributed by atoms with van der Waals surface area (Å²) in [6, 6.07) is 4.07. The van der Waals surface area contributed by atoms with Crippen LogP contribution in [0.1, 0.15) is 31.7 Å². The SMILES string of the molecule is O=C(O)[C@H]1CCCC[C@H]1n1cccc1. The number of hydrogen-bond acceptors (Lipinski definition) is 1. The summed E-state index contributed by atoms with van der Waals surface area (Å²) in [6.45, 7) is 0. The first-order chi connectivity index (χ1) is 6.79. The maximum Gasteiger partial charge on any atom is 0.308 e. The Balaban J connectivity index is 2.18. The summed E-state index contributed by atoms with van der Waals surface area (Å²) in [5.74, 6) is -0.848. The maximum atomic E-state index is 11.0. The lowest BCUT2D eigenvalue weighted by Gasteiger charge is -2.29. The van der Waals surface area contributed by atoms with Crippen LogP contribution in [0.5, 0.6) is 0 Å². The molecule has 1 heterocycles. The van der Waals surface area contributed by atoms with Crippen LogP contribution in [0, 0.1) is 5.92 Å². The minimum absolute atomic E-state index is 0.163. The second kappa shape index (κ2) is 3.86. The Morgan fingerprint density at radius 1 is 1.21 bits per heavy atom. The molecule has 1 fully saturated rings. The van der Waals surface area contributed by atoms with E-state index >= 15 is 0 Å². The predicted octanol–water partition coefficient (Wildman–Crippen LogP) is 2.30. The molecule has 2 atom stereocenters. The van der Waals surface area contributed by atoms with Gasteiger partial charge in [0.1, 0.15) is 0 Å². The van der Waals surface area contributed by atoms with Gasteiger partial charge in [-0.05, 0) is 25.0 Å². The van der Waals surface area contributed by atoms with E-state index in [4.69, 9.17) is 5.11 Å². The number of carboxylic acid groups (broad SMARTS) is 1. The standard InChI is InChI=1S/C11H15NO2/c13-11(14)9-5-1-2-6-10(9)12-7-3-4-8-12/h3-4,7-10H,1-2,5-6H2,(H,13,14)/t9-,10+/m0/s1. The molecule has 0 saturated heterocycles. The molecule has 1 aliphatic carbocycles. The van der Waals surface area contributed by atoms with Crippen LogP contribution in [-0.4, -0.2) is 15.6 Å². The molecule has 3 heteroatoms. The molecule has 14 heavy (non-hydrogen) atoms. The van der Waals surface area contributed by atoms with Gasteiger partial charge in [0.25, 0.3) is 0 Å². The second-order valence-corrected chi connectivity index (χ2v) is 3.93. The molecule has 1 saturated carbocycles. The molecular formula is C11H15NO2. The summed E-state index contributed by atoms with van der Waals surface area (Å²) >= 11 is 0. The van der Waals surface area contributed by atoms with Gasteiger partial charge >= 0.3 is 5.97 Å². The van der Waals surface area contributed by atoms with Crippen LogP contribution in [0.25, 0.3) is 0 Å². The van der Waals surface area contributed by atoms with Crippen molar-refractivity contribution in [1.82, 2.24) is 4.57 Å². The van der Waals surface area contributed by atoms with E-state index in [0.717, 1.165) is 25.7 Å². The molecule has 0 radical (unpaired) electrons. The van der Waals surface area contributed by atoms with Crippen molar-refractivity contribution < 1.29 is 9.90 Å². The van der Waals surface area contributed by atoms with Gasteiger partial charge in [-0.25, -0.2) is 0 Å². The topological polar surface area (TPSA) is 42.2 Å². The van der Waals surface area contributed by atoms with E-state index in [2.05, 4.69) is 0 Å². The van der Waals surface area contributed by atoms with Crippen LogP contribution in [0.3, 0.4) is 0 Å². The Morgan fingerprint density at radius 2 is 1.86 bits per heavy atom. The molecule has 0 amide bonds.